The van der Waals surface area contributed by atoms with Gasteiger partial charge in [-0.1, -0.05) is 0 Å². The van der Waals surface area contributed by atoms with Crippen molar-refractivity contribution in [3.8, 4) is 0 Å². The maximum Gasteiger partial charge on any atom is 0.191 e. The van der Waals surface area contributed by atoms with Crippen molar-refractivity contribution in [3.05, 3.63) is 0 Å². The minimum Gasteiger partial charge on any atom is -0.383 e. The van der Waals surface area contributed by atoms with Crippen LogP contribution in [0.5, 0.6) is 0 Å². The lowest BCUT2D eigenvalue weighted by atomic mass is 10.1. The van der Waals surface area contributed by atoms with E-state index >= 15 is 0 Å². The number of methoxy groups -OCH3 is 1. The second-order valence-corrected chi connectivity index (χ2v) is 8.22. The summed E-state index contributed by atoms with van der Waals surface area (Å²) < 4.78 is 5.58. The number of rotatable bonds is 7. The molecule has 0 aromatic heterocycles. The summed E-state index contributed by atoms with van der Waals surface area (Å²) in [5.74, 6) is 2.23. The summed E-state index contributed by atoms with van der Waals surface area (Å²) in [4.78, 5) is 6.90. The molecule has 0 amide bonds. The van der Waals surface area contributed by atoms with Crippen molar-refractivity contribution in [3.63, 3.8) is 0 Å². The monoisotopic (exact) mass is 328 g/mol. The number of hydrogen-bond donors (Lipinski definition) is 2. The molecule has 2 aliphatic heterocycles. The largest absolute Gasteiger partial charge is 0.383 e. The van der Waals surface area contributed by atoms with Gasteiger partial charge in [-0.15, -0.1) is 0 Å². The van der Waals surface area contributed by atoms with E-state index in [4.69, 9.17) is 4.74 Å². The molecule has 0 saturated carbocycles. The molecule has 2 aliphatic rings. The number of likely N-dealkylation sites (tertiary alicyclic amines) is 1. The van der Waals surface area contributed by atoms with Gasteiger partial charge in [0.2, 0.25) is 0 Å². The highest BCUT2D eigenvalue weighted by atomic mass is 32.2. The zero-order chi connectivity index (χ0) is 15.8. The first-order valence-electron chi connectivity index (χ1n) is 8.48. The lowest BCUT2D eigenvalue weighted by molar-refractivity contribution is 0.141. The molecule has 0 radical (unpaired) electrons. The number of nitrogens with zero attached hydrogens (tertiary/aromatic N) is 2. The quantitative estimate of drug-likeness (QED) is 0.548. The number of nitrogens with one attached hydrogen (secondary N) is 2. The number of guanidine groups is 1. The highest BCUT2D eigenvalue weighted by Crippen LogP contribution is 2.36. The molecule has 2 atom stereocenters. The van der Waals surface area contributed by atoms with Crippen molar-refractivity contribution in [2.45, 2.75) is 43.4 Å². The van der Waals surface area contributed by atoms with Gasteiger partial charge in [0.05, 0.1) is 6.61 Å². The lowest BCUT2D eigenvalue weighted by Gasteiger charge is -2.27. The van der Waals surface area contributed by atoms with Crippen molar-refractivity contribution < 1.29 is 4.74 Å². The summed E-state index contributed by atoms with van der Waals surface area (Å²) in [5.41, 5.74) is 0. The number of aliphatic imine (C=N–C) groups is 1. The van der Waals surface area contributed by atoms with Crippen LogP contribution in [-0.4, -0.2) is 74.3 Å². The molecular weight excluding hydrogens is 296 g/mol. The van der Waals surface area contributed by atoms with E-state index in [0.29, 0.717) is 10.8 Å². The molecule has 0 aliphatic carbocycles. The van der Waals surface area contributed by atoms with E-state index in [-0.39, 0.29) is 0 Å². The van der Waals surface area contributed by atoms with E-state index in [1.807, 2.05) is 7.05 Å². The Kier molecular flexibility index (Phi) is 7.31. The molecule has 5 nitrogen and oxygen atoms in total. The Morgan fingerprint density at radius 1 is 1.41 bits per heavy atom. The summed E-state index contributed by atoms with van der Waals surface area (Å²) in [6, 6.07) is 0.602. The average Bonchev–Trinajstić information content (AvgIpc) is 3.15. The fourth-order valence-electron chi connectivity index (χ4n) is 3.31. The van der Waals surface area contributed by atoms with E-state index in [1.54, 1.807) is 7.11 Å². The van der Waals surface area contributed by atoms with Gasteiger partial charge in [0.25, 0.3) is 0 Å². The van der Waals surface area contributed by atoms with E-state index in [2.05, 4.69) is 39.2 Å². The van der Waals surface area contributed by atoms with Gasteiger partial charge in [-0.05, 0) is 44.9 Å². The van der Waals surface area contributed by atoms with Crippen LogP contribution in [0.25, 0.3) is 0 Å². The van der Waals surface area contributed by atoms with Gasteiger partial charge in [0, 0.05) is 44.6 Å². The molecule has 2 unspecified atom stereocenters. The maximum absolute atomic E-state index is 5.21. The van der Waals surface area contributed by atoms with Crippen molar-refractivity contribution in [1.29, 1.82) is 0 Å². The van der Waals surface area contributed by atoms with Crippen LogP contribution >= 0.6 is 11.8 Å². The maximum atomic E-state index is 5.21. The molecule has 0 aromatic carbocycles. The van der Waals surface area contributed by atoms with Crippen molar-refractivity contribution in [1.82, 2.24) is 15.5 Å². The fraction of sp³-hybridized carbons (Fsp3) is 0.938. The van der Waals surface area contributed by atoms with Crippen LogP contribution in [0, 0.1) is 0 Å². The zero-order valence-electron chi connectivity index (χ0n) is 14.4. The Balaban J connectivity index is 1.71. The summed E-state index contributed by atoms with van der Waals surface area (Å²) in [6.45, 7) is 7.36. The Hall–Kier alpha value is -0.460. The summed E-state index contributed by atoms with van der Waals surface area (Å²) in [6.07, 6.45) is 5.19. The Morgan fingerprint density at radius 3 is 2.95 bits per heavy atom. The van der Waals surface area contributed by atoms with Crippen LogP contribution in [0.15, 0.2) is 4.99 Å². The van der Waals surface area contributed by atoms with E-state index in [0.717, 1.165) is 32.2 Å². The third-order valence-electron chi connectivity index (χ3n) is 4.74. The summed E-state index contributed by atoms with van der Waals surface area (Å²) >= 11 is 2.08. The first kappa shape index (κ1) is 17.9. The van der Waals surface area contributed by atoms with E-state index in [9.17, 15) is 0 Å². The molecule has 2 heterocycles. The average molecular weight is 329 g/mol. The van der Waals surface area contributed by atoms with Gasteiger partial charge in [-0.3, -0.25) is 9.89 Å². The molecule has 2 fully saturated rings. The highest BCUT2D eigenvalue weighted by Gasteiger charge is 2.29. The summed E-state index contributed by atoms with van der Waals surface area (Å²) in [7, 11) is 3.63. The highest BCUT2D eigenvalue weighted by molar-refractivity contribution is 8.00. The predicted molar refractivity (Wildman–Crippen MR) is 95.9 cm³/mol. The van der Waals surface area contributed by atoms with Gasteiger partial charge in [0.15, 0.2) is 5.96 Å². The van der Waals surface area contributed by atoms with E-state index in [1.165, 1.54) is 38.0 Å². The Morgan fingerprint density at radius 2 is 2.27 bits per heavy atom. The Bertz CT molecular complexity index is 358. The molecule has 128 valence electrons. The van der Waals surface area contributed by atoms with Gasteiger partial charge >= 0.3 is 0 Å². The minimum absolute atomic E-state index is 0.371. The van der Waals surface area contributed by atoms with Gasteiger partial charge in [-0.25, -0.2) is 0 Å². The predicted octanol–water partition coefficient (Wildman–Crippen LogP) is 1.55. The first-order valence-corrected chi connectivity index (χ1v) is 9.47. The standard InChI is InChI=1S/C16H32N4OS/c1-16(7-5-11-22-16)13-19-15(17-2)18-12-14-6-4-8-20(14)9-10-21-3/h14H,4-13H2,1-3H3,(H2,17,18,19). The van der Waals surface area contributed by atoms with Gasteiger partial charge < -0.3 is 15.4 Å². The molecule has 0 bridgehead atoms. The normalized spacial score (nSPS) is 30.0. The van der Waals surface area contributed by atoms with Crippen LogP contribution in [0.4, 0.5) is 0 Å². The molecular formula is C16H32N4OS. The zero-order valence-corrected chi connectivity index (χ0v) is 15.2. The van der Waals surface area contributed by atoms with Crippen LogP contribution < -0.4 is 10.6 Å². The molecule has 0 aromatic rings. The van der Waals surface area contributed by atoms with Crippen LogP contribution in [0.3, 0.4) is 0 Å². The van der Waals surface area contributed by atoms with Crippen LogP contribution in [0.1, 0.15) is 32.6 Å². The van der Waals surface area contributed by atoms with Crippen LogP contribution in [-0.2, 0) is 4.74 Å². The van der Waals surface area contributed by atoms with Crippen molar-refractivity contribution in [2.24, 2.45) is 4.99 Å². The molecule has 2 N–H and O–H groups in total. The van der Waals surface area contributed by atoms with Gasteiger partial charge in [-0.2, -0.15) is 11.8 Å². The number of thioether (sulfide) groups is 1. The number of hydrogen-bond acceptors (Lipinski definition) is 4. The third kappa shape index (κ3) is 5.32. The topological polar surface area (TPSA) is 48.9 Å². The molecule has 2 rings (SSSR count). The lowest BCUT2D eigenvalue weighted by Crippen LogP contribution is -2.48. The first-order chi connectivity index (χ1) is 10.7. The van der Waals surface area contributed by atoms with E-state index < -0.39 is 0 Å². The summed E-state index contributed by atoms with van der Waals surface area (Å²) in [5, 5.41) is 7.01. The molecule has 0 spiro atoms. The number of ether oxygens (including phenoxy) is 1. The van der Waals surface area contributed by atoms with Crippen LogP contribution in [0.2, 0.25) is 0 Å². The molecule has 22 heavy (non-hydrogen) atoms. The Labute approximate surface area is 139 Å². The SMILES string of the molecule is CN=C(NCC1CCCN1CCOC)NCC1(C)CCCS1. The second kappa shape index (κ2) is 8.99. The second-order valence-electron chi connectivity index (χ2n) is 6.53. The molecule has 2 saturated heterocycles. The van der Waals surface area contributed by atoms with Crippen molar-refractivity contribution in [2.75, 3.05) is 52.7 Å². The van der Waals surface area contributed by atoms with Crippen molar-refractivity contribution >= 4 is 17.7 Å². The van der Waals surface area contributed by atoms with Gasteiger partial charge in [0.1, 0.15) is 0 Å². The fourth-order valence-corrected chi connectivity index (χ4v) is 4.56. The third-order valence-corrected chi connectivity index (χ3v) is 6.28. The molecule has 6 heteroatoms. The minimum atomic E-state index is 0.371. The smallest absolute Gasteiger partial charge is 0.191 e.